The fourth-order valence-corrected chi connectivity index (χ4v) is 5.31. The lowest BCUT2D eigenvalue weighted by atomic mass is 9.46. The van der Waals surface area contributed by atoms with E-state index in [1.165, 1.54) is 11.5 Å². The van der Waals surface area contributed by atoms with E-state index in [4.69, 9.17) is 10.5 Å². The maximum Gasteiger partial charge on any atom is 0.241 e. The quantitative estimate of drug-likeness (QED) is 0.795. The zero-order valence-electron chi connectivity index (χ0n) is 13.8. The lowest BCUT2D eigenvalue weighted by Crippen LogP contribution is -2.82. The molecule has 3 unspecified atom stereocenters. The minimum Gasteiger partial charge on any atom is -0.377 e. The third-order valence-electron chi connectivity index (χ3n) is 5.88. The smallest absolute Gasteiger partial charge is 0.241 e. The first-order valence-corrected chi connectivity index (χ1v) is 9.62. The predicted octanol–water partition coefficient (Wildman–Crippen LogP) is 0.684. The first-order valence-electron chi connectivity index (χ1n) is 8.47. The van der Waals surface area contributed by atoms with Gasteiger partial charge in [-0.1, -0.05) is 13.8 Å². The van der Waals surface area contributed by atoms with Gasteiger partial charge in [0.2, 0.25) is 5.91 Å². The maximum atomic E-state index is 12.7. The van der Waals surface area contributed by atoms with Gasteiger partial charge in [-0.15, -0.1) is 0 Å². The van der Waals surface area contributed by atoms with Crippen LogP contribution in [-0.4, -0.2) is 66.7 Å². The molecule has 126 valence electrons. The van der Waals surface area contributed by atoms with Crippen molar-refractivity contribution in [2.75, 3.05) is 44.3 Å². The summed E-state index contributed by atoms with van der Waals surface area (Å²) in [6.45, 7) is 8.80. The largest absolute Gasteiger partial charge is 0.377 e. The summed E-state index contributed by atoms with van der Waals surface area (Å²) in [6.07, 6.45) is 2.15. The molecule has 2 heterocycles. The molecule has 1 aliphatic carbocycles. The molecule has 3 rings (SSSR count). The summed E-state index contributed by atoms with van der Waals surface area (Å²) in [4.78, 5) is 15.2. The van der Waals surface area contributed by atoms with Crippen molar-refractivity contribution in [2.45, 2.75) is 38.3 Å². The highest BCUT2D eigenvalue weighted by molar-refractivity contribution is 7.99. The maximum absolute atomic E-state index is 12.7. The minimum atomic E-state index is -0.782. The van der Waals surface area contributed by atoms with Crippen molar-refractivity contribution in [3.05, 3.63) is 0 Å². The molecule has 1 amide bonds. The van der Waals surface area contributed by atoms with Crippen molar-refractivity contribution in [3.63, 3.8) is 0 Å². The number of hydrogen-bond donors (Lipinski definition) is 2. The molecule has 2 saturated heterocycles. The van der Waals surface area contributed by atoms with Gasteiger partial charge in [0.1, 0.15) is 5.54 Å². The van der Waals surface area contributed by atoms with E-state index >= 15 is 0 Å². The number of carbonyl (C=O) groups is 1. The predicted molar refractivity (Wildman–Crippen MR) is 89.9 cm³/mol. The van der Waals surface area contributed by atoms with Crippen LogP contribution in [0, 0.1) is 11.3 Å². The topological polar surface area (TPSA) is 67.6 Å². The van der Waals surface area contributed by atoms with E-state index in [0.717, 1.165) is 39.1 Å². The number of ether oxygens (including phenoxy) is 1. The zero-order chi connectivity index (χ0) is 15.8. The Balaban J connectivity index is 1.54. The minimum absolute atomic E-state index is 0.00985. The lowest BCUT2D eigenvalue weighted by molar-refractivity contribution is -0.225. The van der Waals surface area contributed by atoms with E-state index in [1.54, 1.807) is 0 Å². The molecule has 22 heavy (non-hydrogen) atoms. The van der Waals surface area contributed by atoms with Gasteiger partial charge in [-0.05, 0) is 12.8 Å². The van der Waals surface area contributed by atoms with Crippen LogP contribution in [0.2, 0.25) is 0 Å². The third-order valence-corrected chi connectivity index (χ3v) is 6.82. The Morgan fingerprint density at radius 1 is 1.41 bits per heavy atom. The third kappa shape index (κ3) is 2.58. The van der Waals surface area contributed by atoms with Crippen LogP contribution in [0.15, 0.2) is 0 Å². The molecule has 2 aliphatic heterocycles. The summed E-state index contributed by atoms with van der Waals surface area (Å²) in [5, 5.41) is 3.09. The second-order valence-corrected chi connectivity index (χ2v) is 8.57. The molecule has 0 bridgehead atoms. The Kier molecular flexibility index (Phi) is 4.74. The second kappa shape index (κ2) is 6.30. The first kappa shape index (κ1) is 16.6. The average Bonchev–Trinajstić information content (AvgIpc) is 2.55. The Hall–Kier alpha value is -0.300. The van der Waals surface area contributed by atoms with Gasteiger partial charge in [0.05, 0.1) is 6.10 Å². The van der Waals surface area contributed by atoms with E-state index in [-0.39, 0.29) is 23.3 Å². The van der Waals surface area contributed by atoms with Gasteiger partial charge in [-0.2, -0.15) is 11.8 Å². The van der Waals surface area contributed by atoms with Crippen molar-refractivity contribution >= 4 is 17.7 Å². The SMILES string of the molecule is CC1(C)C2OCCCC2C1(N)C(=O)NCCN1CCSCC1. The normalized spacial score (nSPS) is 38.0. The monoisotopic (exact) mass is 327 g/mol. The van der Waals surface area contributed by atoms with Gasteiger partial charge < -0.3 is 15.8 Å². The van der Waals surface area contributed by atoms with E-state index in [2.05, 4.69) is 24.1 Å². The summed E-state index contributed by atoms with van der Waals surface area (Å²) in [5.41, 5.74) is 5.52. The molecule has 0 aromatic rings. The summed E-state index contributed by atoms with van der Waals surface area (Å²) in [5.74, 6) is 2.57. The number of fused-ring (bicyclic) bond motifs is 1. The molecule has 0 radical (unpaired) electrons. The van der Waals surface area contributed by atoms with Gasteiger partial charge >= 0.3 is 0 Å². The fraction of sp³-hybridized carbons (Fsp3) is 0.938. The summed E-state index contributed by atoms with van der Waals surface area (Å²) in [7, 11) is 0. The van der Waals surface area contributed by atoms with Gasteiger partial charge in [-0.25, -0.2) is 0 Å². The van der Waals surface area contributed by atoms with Crippen LogP contribution in [0.5, 0.6) is 0 Å². The molecular weight excluding hydrogens is 298 g/mol. The molecule has 3 atom stereocenters. The van der Waals surface area contributed by atoms with Crippen LogP contribution >= 0.6 is 11.8 Å². The number of nitrogens with one attached hydrogen (secondary N) is 1. The number of nitrogens with zero attached hydrogens (tertiary/aromatic N) is 1. The molecule has 3 N–H and O–H groups in total. The highest BCUT2D eigenvalue weighted by Crippen LogP contribution is 2.57. The highest BCUT2D eigenvalue weighted by atomic mass is 32.2. The van der Waals surface area contributed by atoms with E-state index < -0.39 is 5.54 Å². The number of thioether (sulfide) groups is 1. The zero-order valence-corrected chi connectivity index (χ0v) is 14.6. The van der Waals surface area contributed by atoms with Gasteiger partial charge in [0.25, 0.3) is 0 Å². The summed E-state index contributed by atoms with van der Waals surface area (Å²) >= 11 is 2.00. The molecule has 0 aromatic carbocycles. The molecule has 3 aliphatic rings. The molecule has 0 spiro atoms. The molecule has 0 aromatic heterocycles. The fourth-order valence-electron chi connectivity index (χ4n) is 4.34. The van der Waals surface area contributed by atoms with Crippen molar-refractivity contribution in [1.82, 2.24) is 10.2 Å². The van der Waals surface area contributed by atoms with Crippen molar-refractivity contribution in [1.29, 1.82) is 0 Å². The molecule has 3 fully saturated rings. The number of carbonyl (C=O) groups excluding carboxylic acids is 1. The molecule has 6 heteroatoms. The van der Waals surface area contributed by atoms with Gasteiger partial charge in [0.15, 0.2) is 0 Å². The number of nitrogens with two attached hydrogens (primary N) is 1. The lowest BCUT2D eigenvalue weighted by Gasteiger charge is -2.65. The number of rotatable bonds is 4. The molecule has 5 nitrogen and oxygen atoms in total. The van der Waals surface area contributed by atoms with E-state index in [9.17, 15) is 4.79 Å². The molecular formula is C16H29N3O2S. The average molecular weight is 327 g/mol. The van der Waals surface area contributed by atoms with E-state index in [0.29, 0.717) is 6.54 Å². The van der Waals surface area contributed by atoms with Crippen molar-refractivity contribution in [3.8, 4) is 0 Å². The van der Waals surface area contributed by atoms with Gasteiger partial charge in [-0.3, -0.25) is 9.69 Å². The Bertz CT molecular complexity index is 426. The second-order valence-electron chi connectivity index (χ2n) is 7.34. The van der Waals surface area contributed by atoms with Crippen LogP contribution < -0.4 is 11.1 Å². The Labute approximate surface area is 137 Å². The molecule has 1 saturated carbocycles. The van der Waals surface area contributed by atoms with E-state index in [1.807, 2.05) is 11.8 Å². The van der Waals surface area contributed by atoms with Crippen molar-refractivity contribution < 1.29 is 9.53 Å². The number of hydrogen-bond acceptors (Lipinski definition) is 5. The van der Waals surface area contributed by atoms with Gasteiger partial charge in [0, 0.05) is 55.6 Å². The van der Waals surface area contributed by atoms with Crippen molar-refractivity contribution in [2.24, 2.45) is 17.1 Å². The van der Waals surface area contributed by atoms with Crippen LogP contribution in [-0.2, 0) is 9.53 Å². The van der Waals surface area contributed by atoms with Crippen LogP contribution in [0.1, 0.15) is 26.7 Å². The summed E-state index contributed by atoms with van der Waals surface area (Å²) < 4.78 is 5.87. The van der Waals surface area contributed by atoms with Crippen LogP contribution in [0.25, 0.3) is 0 Å². The standard InChI is InChI=1S/C16H29N3O2S/c1-15(2)13-12(4-3-9-21-13)16(15,17)14(20)18-5-6-19-7-10-22-11-8-19/h12-13H,3-11,17H2,1-2H3,(H,18,20). The van der Waals surface area contributed by atoms with Crippen LogP contribution in [0.3, 0.4) is 0 Å². The Morgan fingerprint density at radius 3 is 2.86 bits per heavy atom. The van der Waals surface area contributed by atoms with Crippen LogP contribution in [0.4, 0.5) is 0 Å². The first-order chi connectivity index (χ1) is 10.5. The Morgan fingerprint density at radius 2 is 2.14 bits per heavy atom. The highest BCUT2D eigenvalue weighted by Gasteiger charge is 2.70. The summed E-state index contributed by atoms with van der Waals surface area (Å²) in [6, 6.07) is 0. The number of amides is 1.